The Kier molecular flexibility index (Phi) is 5.91. The molecule has 0 fully saturated rings. The lowest BCUT2D eigenvalue weighted by Crippen LogP contribution is -2.20. The van der Waals surface area contributed by atoms with Gasteiger partial charge in [0.05, 0.1) is 24.8 Å². The molecule has 24 heavy (non-hydrogen) atoms. The Hall–Kier alpha value is -2.87. The lowest BCUT2D eigenvalue weighted by molar-refractivity contribution is 0.0525. The molecule has 0 aliphatic rings. The second-order valence-corrected chi connectivity index (χ2v) is 5.45. The minimum atomic E-state index is -0.523. The van der Waals surface area contributed by atoms with Crippen molar-refractivity contribution in [1.29, 1.82) is 0 Å². The van der Waals surface area contributed by atoms with Crippen LogP contribution in [0.5, 0.6) is 0 Å². The third-order valence-corrected chi connectivity index (χ3v) is 3.78. The van der Waals surface area contributed by atoms with Crippen LogP contribution in [-0.4, -0.2) is 31.7 Å². The summed E-state index contributed by atoms with van der Waals surface area (Å²) in [7, 11) is 1.27. The maximum Gasteiger partial charge on any atom is 0.340 e. The van der Waals surface area contributed by atoms with Crippen molar-refractivity contribution in [3.8, 4) is 0 Å². The Balaban J connectivity index is 1.99. The Labute approximate surface area is 142 Å². The average Bonchev–Trinajstić information content (AvgIpc) is 3.03. The van der Waals surface area contributed by atoms with Gasteiger partial charge in [0.25, 0.3) is 0 Å². The Morgan fingerprint density at radius 3 is 2.38 bits per heavy atom. The number of hydrogen-bond donors (Lipinski definition) is 2. The van der Waals surface area contributed by atoms with Crippen molar-refractivity contribution in [2.75, 3.05) is 24.4 Å². The van der Waals surface area contributed by atoms with Crippen molar-refractivity contribution < 1.29 is 23.9 Å². The molecule has 0 saturated carbocycles. The van der Waals surface area contributed by atoms with E-state index < -0.39 is 18.0 Å². The van der Waals surface area contributed by atoms with Crippen LogP contribution in [0.2, 0.25) is 0 Å². The molecular formula is C16H16N2O5S. The number of ether oxygens (including phenoxy) is 2. The van der Waals surface area contributed by atoms with Gasteiger partial charge in [-0.2, -0.15) is 0 Å². The maximum absolute atomic E-state index is 12.0. The quantitative estimate of drug-likeness (QED) is 0.808. The summed E-state index contributed by atoms with van der Waals surface area (Å²) in [6.45, 7) is 2.02. The number of hydrogen-bond acceptors (Lipinski definition) is 6. The zero-order valence-electron chi connectivity index (χ0n) is 13.1. The fraction of sp³-hybridized carbons (Fsp3) is 0.188. The van der Waals surface area contributed by atoms with E-state index in [1.54, 1.807) is 42.6 Å². The number of methoxy groups -OCH3 is 1. The summed E-state index contributed by atoms with van der Waals surface area (Å²) >= 11 is 1.21. The van der Waals surface area contributed by atoms with Crippen molar-refractivity contribution in [3.63, 3.8) is 0 Å². The van der Waals surface area contributed by atoms with Crippen LogP contribution in [0.15, 0.2) is 35.7 Å². The lowest BCUT2D eigenvalue weighted by Gasteiger charge is -2.08. The van der Waals surface area contributed by atoms with E-state index in [4.69, 9.17) is 4.74 Å². The van der Waals surface area contributed by atoms with Crippen LogP contribution < -0.4 is 10.6 Å². The number of benzene rings is 1. The van der Waals surface area contributed by atoms with Gasteiger partial charge in [0, 0.05) is 5.69 Å². The van der Waals surface area contributed by atoms with Crippen LogP contribution in [0.1, 0.15) is 27.6 Å². The molecule has 0 unspecified atom stereocenters. The number of anilines is 2. The van der Waals surface area contributed by atoms with Gasteiger partial charge in [0.1, 0.15) is 5.00 Å². The first-order valence-corrected chi connectivity index (χ1v) is 7.94. The van der Waals surface area contributed by atoms with Gasteiger partial charge >= 0.3 is 18.0 Å². The van der Waals surface area contributed by atoms with Crippen LogP contribution in [-0.2, 0) is 9.47 Å². The molecule has 0 bridgehead atoms. The number of carbonyl (C=O) groups is 3. The van der Waals surface area contributed by atoms with Crippen LogP contribution in [0.3, 0.4) is 0 Å². The predicted octanol–water partition coefficient (Wildman–Crippen LogP) is 3.36. The molecule has 0 aliphatic heterocycles. The van der Waals surface area contributed by atoms with Crippen molar-refractivity contribution in [2.45, 2.75) is 6.92 Å². The monoisotopic (exact) mass is 348 g/mol. The smallest absolute Gasteiger partial charge is 0.340 e. The fourth-order valence-corrected chi connectivity index (χ4v) is 2.62. The number of amides is 2. The molecule has 8 heteroatoms. The summed E-state index contributed by atoms with van der Waals surface area (Å²) in [6, 6.07) is 7.34. The SMILES string of the molecule is CCOC(=O)c1ccc(NC(=O)Nc2sccc2C(=O)OC)cc1. The van der Waals surface area contributed by atoms with Gasteiger partial charge in [-0.1, -0.05) is 0 Å². The highest BCUT2D eigenvalue weighted by Gasteiger charge is 2.15. The second-order valence-electron chi connectivity index (χ2n) is 4.53. The van der Waals surface area contributed by atoms with Gasteiger partial charge in [0.15, 0.2) is 0 Å². The first-order valence-electron chi connectivity index (χ1n) is 7.06. The van der Waals surface area contributed by atoms with Crippen LogP contribution in [0, 0.1) is 0 Å². The van der Waals surface area contributed by atoms with Gasteiger partial charge < -0.3 is 14.8 Å². The molecule has 0 radical (unpaired) electrons. The first kappa shape index (κ1) is 17.5. The molecule has 2 N–H and O–H groups in total. The third kappa shape index (κ3) is 4.32. The van der Waals surface area contributed by atoms with Gasteiger partial charge in [-0.15, -0.1) is 11.3 Å². The summed E-state index contributed by atoms with van der Waals surface area (Å²) in [5, 5.41) is 7.27. The van der Waals surface area contributed by atoms with E-state index in [-0.39, 0.29) is 5.56 Å². The van der Waals surface area contributed by atoms with Crippen LogP contribution in [0.25, 0.3) is 0 Å². The molecule has 0 aliphatic carbocycles. The van der Waals surface area contributed by atoms with E-state index in [0.29, 0.717) is 22.9 Å². The molecule has 0 atom stereocenters. The molecular weight excluding hydrogens is 332 g/mol. The number of nitrogens with one attached hydrogen (secondary N) is 2. The highest BCUT2D eigenvalue weighted by Crippen LogP contribution is 2.24. The molecule has 0 spiro atoms. The van der Waals surface area contributed by atoms with Gasteiger partial charge in [-0.05, 0) is 42.6 Å². The topological polar surface area (TPSA) is 93.7 Å². The largest absolute Gasteiger partial charge is 0.465 e. The summed E-state index contributed by atoms with van der Waals surface area (Å²) < 4.78 is 9.53. The van der Waals surface area contributed by atoms with Gasteiger partial charge in [0.2, 0.25) is 0 Å². The van der Waals surface area contributed by atoms with Crippen molar-refractivity contribution in [1.82, 2.24) is 0 Å². The van der Waals surface area contributed by atoms with E-state index in [0.717, 1.165) is 0 Å². The fourth-order valence-electron chi connectivity index (χ4n) is 1.85. The number of urea groups is 1. The Morgan fingerprint density at radius 2 is 1.75 bits per heavy atom. The average molecular weight is 348 g/mol. The molecule has 126 valence electrons. The van der Waals surface area contributed by atoms with Crippen molar-refractivity contribution in [2.24, 2.45) is 0 Å². The highest BCUT2D eigenvalue weighted by molar-refractivity contribution is 7.14. The number of rotatable bonds is 5. The van der Waals surface area contributed by atoms with Gasteiger partial charge in [-0.3, -0.25) is 5.32 Å². The highest BCUT2D eigenvalue weighted by atomic mass is 32.1. The first-order chi connectivity index (χ1) is 11.5. The van der Waals surface area contributed by atoms with E-state index in [9.17, 15) is 14.4 Å². The standard InChI is InChI=1S/C16H16N2O5S/c1-3-23-14(19)10-4-6-11(7-5-10)17-16(21)18-13-12(8-9-24-13)15(20)22-2/h4-9H,3H2,1-2H3,(H2,17,18,21). The molecule has 0 saturated heterocycles. The number of esters is 2. The van der Waals surface area contributed by atoms with E-state index >= 15 is 0 Å². The maximum atomic E-state index is 12.0. The van der Waals surface area contributed by atoms with Crippen LogP contribution >= 0.6 is 11.3 Å². The van der Waals surface area contributed by atoms with E-state index in [2.05, 4.69) is 15.4 Å². The minimum Gasteiger partial charge on any atom is -0.465 e. The van der Waals surface area contributed by atoms with Crippen molar-refractivity contribution >= 4 is 40.0 Å². The Morgan fingerprint density at radius 1 is 1.04 bits per heavy atom. The molecule has 2 aromatic rings. The van der Waals surface area contributed by atoms with Gasteiger partial charge in [-0.25, -0.2) is 14.4 Å². The zero-order chi connectivity index (χ0) is 17.5. The lowest BCUT2D eigenvalue weighted by atomic mass is 10.2. The number of thiophene rings is 1. The number of carbonyl (C=O) groups excluding carboxylic acids is 3. The summed E-state index contributed by atoms with van der Waals surface area (Å²) in [5.41, 5.74) is 1.18. The minimum absolute atomic E-state index is 0.287. The molecule has 1 aromatic heterocycles. The molecule has 2 amide bonds. The zero-order valence-corrected chi connectivity index (χ0v) is 13.9. The van der Waals surface area contributed by atoms with E-state index in [1.807, 2.05) is 0 Å². The molecule has 1 heterocycles. The molecule has 1 aromatic carbocycles. The normalized spacial score (nSPS) is 9.92. The summed E-state index contributed by atoms with van der Waals surface area (Å²) in [5.74, 6) is -0.944. The predicted molar refractivity (Wildman–Crippen MR) is 90.7 cm³/mol. The molecule has 7 nitrogen and oxygen atoms in total. The Bertz CT molecular complexity index is 739. The third-order valence-electron chi connectivity index (χ3n) is 2.95. The van der Waals surface area contributed by atoms with Crippen molar-refractivity contribution in [3.05, 3.63) is 46.8 Å². The summed E-state index contributed by atoms with van der Waals surface area (Å²) in [6.07, 6.45) is 0. The van der Waals surface area contributed by atoms with E-state index in [1.165, 1.54) is 18.4 Å². The molecule has 2 rings (SSSR count). The second kappa shape index (κ2) is 8.11. The van der Waals surface area contributed by atoms with Crippen LogP contribution in [0.4, 0.5) is 15.5 Å². The summed E-state index contributed by atoms with van der Waals surface area (Å²) in [4.78, 5) is 35.1.